The predicted octanol–water partition coefficient (Wildman–Crippen LogP) is 2.66. The number of ether oxygens (including phenoxy) is 2. The molecule has 4 atom stereocenters. The minimum absolute atomic E-state index is 0.0830. The number of aliphatic hydroxyl groups is 2. The average Bonchev–Trinajstić information content (AvgIpc) is 3.79. The van der Waals surface area contributed by atoms with Gasteiger partial charge < -0.3 is 30.3 Å². The lowest BCUT2D eigenvalue weighted by atomic mass is 10.2. The van der Waals surface area contributed by atoms with Crippen LogP contribution in [0.15, 0.2) is 82.7 Å². The van der Waals surface area contributed by atoms with Crippen molar-refractivity contribution >= 4 is 23.5 Å². The van der Waals surface area contributed by atoms with Crippen LogP contribution in [0.1, 0.15) is 46.0 Å². The molecule has 4 aromatic rings. The van der Waals surface area contributed by atoms with Crippen molar-refractivity contribution in [2.75, 3.05) is 23.8 Å². The maximum absolute atomic E-state index is 14.2. The molecule has 0 aliphatic carbocycles. The highest BCUT2D eigenvalue weighted by Gasteiger charge is 2.28. The quantitative estimate of drug-likeness (QED) is 0.157. The fourth-order valence-electron chi connectivity index (χ4n) is 4.79. The average molecular weight is 701 g/mol. The van der Waals surface area contributed by atoms with E-state index in [0.29, 0.717) is 12.8 Å². The van der Waals surface area contributed by atoms with Gasteiger partial charge in [-0.2, -0.15) is 9.97 Å². The topological polar surface area (TPSA) is 187 Å². The molecule has 4 heterocycles. The van der Waals surface area contributed by atoms with Crippen LogP contribution in [0.2, 0.25) is 0 Å². The molecular formula is C32H28F4N6O8. The molecule has 2 aliphatic heterocycles. The third-order valence-corrected chi connectivity index (χ3v) is 7.35. The number of aliphatic hydroxyl groups excluding tert-OH is 2. The molecule has 4 N–H and O–H groups in total. The minimum atomic E-state index is -0.945. The van der Waals surface area contributed by atoms with Gasteiger partial charge in [0.1, 0.15) is 24.0 Å². The van der Waals surface area contributed by atoms with Crippen molar-refractivity contribution in [1.82, 2.24) is 19.1 Å². The summed E-state index contributed by atoms with van der Waals surface area (Å²) < 4.78 is 66.7. The molecule has 0 spiro atoms. The van der Waals surface area contributed by atoms with Crippen LogP contribution in [0.5, 0.6) is 0 Å². The molecule has 262 valence electrons. The molecular weight excluding hydrogens is 672 g/mol. The van der Waals surface area contributed by atoms with Crippen molar-refractivity contribution in [3.8, 4) is 0 Å². The maximum atomic E-state index is 14.2. The summed E-state index contributed by atoms with van der Waals surface area (Å²) in [5.41, 5.74) is -1.46. The Morgan fingerprint density at radius 2 is 1.22 bits per heavy atom. The largest absolute Gasteiger partial charge is 0.394 e. The number of nitrogens with one attached hydrogen (secondary N) is 2. The number of carbonyl (C=O) groups is 2. The Balaban J connectivity index is 0.000000194. The summed E-state index contributed by atoms with van der Waals surface area (Å²) in [5, 5.41) is 22.4. The van der Waals surface area contributed by atoms with E-state index in [1.807, 2.05) is 0 Å². The first kappa shape index (κ1) is 35.7. The van der Waals surface area contributed by atoms with Crippen LogP contribution in [-0.2, 0) is 9.47 Å². The first-order valence-corrected chi connectivity index (χ1v) is 14.9. The second-order valence-corrected chi connectivity index (χ2v) is 10.8. The third kappa shape index (κ3) is 8.53. The van der Waals surface area contributed by atoms with Gasteiger partial charge in [0.15, 0.2) is 29.5 Å². The fourth-order valence-corrected chi connectivity index (χ4v) is 4.79. The zero-order valence-corrected chi connectivity index (χ0v) is 25.7. The molecule has 2 amide bonds. The standard InChI is InChI=1S/C16H15F2N3O4.C16H13F2N3O4/c2*17-10-3-1-9(2-4-10)15(23)19-14-12(18)7-21(16(24)20-14)13-6-5-11(8-22)25-13/h1-4,7,11,13,22H,5-6,8H2,(H,19,20,23,24);1-7,11,13,22H,8H2,(H,19,20,23,24)/t2*11-,13+/m00/s1. The summed E-state index contributed by atoms with van der Waals surface area (Å²) in [5.74, 6) is -5.41. The third-order valence-electron chi connectivity index (χ3n) is 7.35. The fraction of sp³-hybridized carbons (Fsp3) is 0.250. The van der Waals surface area contributed by atoms with Crippen LogP contribution in [-0.4, -0.2) is 66.6 Å². The number of carbonyl (C=O) groups excluding carboxylic acids is 2. The number of nitrogens with zero attached hydrogens (tertiary/aromatic N) is 4. The number of amides is 2. The van der Waals surface area contributed by atoms with Gasteiger partial charge in [0.05, 0.1) is 31.7 Å². The van der Waals surface area contributed by atoms with Gasteiger partial charge in [-0.15, -0.1) is 0 Å². The molecule has 0 saturated carbocycles. The number of anilines is 2. The summed E-state index contributed by atoms with van der Waals surface area (Å²) in [6, 6.07) is 9.23. The lowest BCUT2D eigenvalue weighted by Gasteiger charge is -2.15. The van der Waals surface area contributed by atoms with Crippen molar-refractivity contribution in [1.29, 1.82) is 0 Å². The summed E-state index contributed by atoms with van der Waals surface area (Å²) >= 11 is 0. The van der Waals surface area contributed by atoms with E-state index >= 15 is 0 Å². The molecule has 1 saturated heterocycles. The van der Waals surface area contributed by atoms with E-state index in [9.17, 15) is 36.7 Å². The Bertz CT molecular complexity index is 2010. The first-order chi connectivity index (χ1) is 23.9. The first-order valence-electron chi connectivity index (χ1n) is 14.9. The molecule has 2 aromatic carbocycles. The Morgan fingerprint density at radius 3 is 1.68 bits per heavy atom. The van der Waals surface area contributed by atoms with Gasteiger partial charge in [-0.1, -0.05) is 6.08 Å². The van der Waals surface area contributed by atoms with Crippen LogP contribution in [0.3, 0.4) is 0 Å². The number of halogens is 4. The molecule has 2 aromatic heterocycles. The Labute approximate surface area is 279 Å². The number of hydrogen-bond acceptors (Lipinski definition) is 10. The van der Waals surface area contributed by atoms with Crippen LogP contribution < -0.4 is 22.0 Å². The maximum Gasteiger partial charge on any atom is 0.352 e. The Morgan fingerprint density at radius 1 is 0.720 bits per heavy atom. The van der Waals surface area contributed by atoms with Crippen molar-refractivity contribution < 1.29 is 46.8 Å². The van der Waals surface area contributed by atoms with E-state index in [4.69, 9.17) is 19.7 Å². The SMILES string of the molecule is O=C(Nc1nc(=O)n([C@H]2C=C[C@@H](CO)O2)cc1F)c1ccc(F)cc1.O=C(Nc1nc(=O)n([C@H]2CC[C@@H](CO)O2)cc1F)c1ccc(F)cc1. The number of aromatic nitrogens is 4. The molecule has 0 unspecified atom stereocenters. The van der Waals surface area contributed by atoms with E-state index in [2.05, 4.69) is 20.6 Å². The zero-order chi connectivity index (χ0) is 35.9. The summed E-state index contributed by atoms with van der Waals surface area (Å²) in [4.78, 5) is 55.2. The van der Waals surface area contributed by atoms with Gasteiger partial charge in [0.2, 0.25) is 0 Å². The van der Waals surface area contributed by atoms with Gasteiger partial charge >= 0.3 is 11.4 Å². The van der Waals surface area contributed by atoms with Crippen molar-refractivity contribution in [2.24, 2.45) is 0 Å². The summed E-state index contributed by atoms with van der Waals surface area (Å²) in [6.45, 7) is -0.462. The van der Waals surface area contributed by atoms with Crippen molar-refractivity contribution in [2.45, 2.75) is 37.5 Å². The van der Waals surface area contributed by atoms with Crippen LogP contribution in [0.4, 0.5) is 29.2 Å². The Hall–Kier alpha value is -5.56. The van der Waals surface area contributed by atoms with E-state index in [0.717, 1.165) is 45.8 Å². The Kier molecular flexibility index (Phi) is 11.3. The molecule has 18 heteroatoms. The van der Waals surface area contributed by atoms with E-state index < -0.39 is 82.8 Å². The van der Waals surface area contributed by atoms with Gasteiger partial charge in [0.25, 0.3) is 11.8 Å². The summed E-state index contributed by atoms with van der Waals surface area (Å²) in [6.07, 6.45) is 3.16. The normalized spacial score (nSPS) is 19.5. The predicted molar refractivity (Wildman–Crippen MR) is 166 cm³/mol. The molecule has 50 heavy (non-hydrogen) atoms. The van der Waals surface area contributed by atoms with Gasteiger partial charge in [-0.3, -0.25) is 18.7 Å². The minimum Gasteiger partial charge on any atom is -0.394 e. The van der Waals surface area contributed by atoms with Crippen LogP contribution in [0, 0.1) is 23.3 Å². The van der Waals surface area contributed by atoms with E-state index in [1.165, 1.54) is 30.3 Å². The number of rotatable bonds is 8. The van der Waals surface area contributed by atoms with E-state index in [1.54, 1.807) is 6.08 Å². The lowest BCUT2D eigenvalue weighted by molar-refractivity contribution is -0.0249. The highest BCUT2D eigenvalue weighted by molar-refractivity contribution is 6.04. The molecule has 6 rings (SSSR count). The van der Waals surface area contributed by atoms with Crippen molar-refractivity contribution in [3.63, 3.8) is 0 Å². The highest BCUT2D eigenvalue weighted by atomic mass is 19.1. The van der Waals surface area contributed by atoms with Crippen molar-refractivity contribution in [3.05, 3.63) is 128 Å². The second kappa shape index (κ2) is 15.8. The molecule has 0 radical (unpaired) electrons. The zero-order valence-electron chi connectivity index (χ0n) is 25.7. The van der Waals surface area contributed by atoms with Gasteiger partial charge in [-0.25, -0.2) is 27.2 Å². The van der Waals surface area contributed by atoms with E-state index in [-0.39, 0.29) is 24.3 Å². The second-order valence-electron chi connectivity index (χ2n) is 10.8. The van der Waals surface area contributed by atoms with Crippen LogP contribution in [0.25, 0.3) is 0 Å². The van der Waals surface area contributed by atoms with Gasteiger partial charge in [-0.05, 0) is 67.4 Å². The van der Waals surface area contributed by atoms with Gasteiger partial charge in [0, 0.05) is 11.1 Å². The van der Waals surface area contributed by atoms with Crippen LogP contribution >= 0.6 is 0 Å². The lowest BCUT2D eigenvalue weighted by Crippen LogP contribution is -2.30. The summed E-state index contributed by atoms with van der Waals surface area (Å²) in [7, 11) is 0. The number of hydrogen-bond donors (Lipinski definition) is 4. The molecule has 0 bridgehead atoms. The monoisotopic (exact) mass is 700 g/mol. The smallest absolute Gasteiger partial charge is 0.352 e. The molecule has 2 aliphatic rings. The number of benzene rings is 2. The molecule has 1 fully saturated rings. The highest BCUT2D eigenvalue weighted by Crippen LogP contribution is 2.27. The molecule has 14 nitrogen and oxygen atoms in total.